The Kier molecular flexibility index (Phi) is 5.04. The van der Waals surface area contributed by atoms with Crippen molar-refractivity contribution < 1.29 is 0 Å². The first-order valence-corrected chi connectivity index (χ1v) is 15.6. The molecule has 0 saturated carbocycles. The van der Waals surface area contributed by atoms with Gasteiger partial charge < -0.3 is 4.57 Å². The van der Waals surface area contributed by atoms with E-state index in [2.05, 4.69) is 165 Å². The van der Waals surface area contributed by atoms with Gasteiger partial charge in [-0.25, -0.2) is 9.97 Å². The summed E-state index contributed by atoms with van der Waals surface area (Å²) < 4.78 is 9.21. The van der Waals surface area contributed by atoms with E-state index < -0.39 is 0 Å². The van der Waals surface area contributed by atoms with Crippen molar-refractivity contribution >= 4 is 60.7 Å². The van der Waals surface area contributed by atoms with Crippen LogP contribution in [0.4, 0.5) is 0 Å². The van der Waals surface area contributed by atoms with Crippen molar-refractivity contribution in [2.45, 2.75) is 13.8 Å². The van der Waals surface area contributed by atoms with Gasteiger partial charge in [-0.1, -0.05) is 66.7 Å². The minimum Gasteiger partial charge on any atom is -0.309 e. The summed E-state index contributed by atoms with van der Waals surface area (Å²) in [5, 5.41) is 2.44. The summed E-state index contributed by atoms with van der Waals surface area (Å²) in [5.41, 5.74) is 13.2. The van der Waals surface area contributed by atoms with Crippen LogP contribution in [-0.2, 0) is 0 Å². The highest BCUT2D eigenvalue weighted by atomic mass is 15.2. The van der Waals surface area contributed by atoms with E-state index in [9.17, 15) is 0 Å². The number of fused-ring (bicyclic) bond motifs is 9. The van der Waals surface area contributed by atoms with E-state index in [0.717, 1.165) is 61.8 Å². The molecule has 0 aliphatic heterocycles. The predicted molar refractivity (Wildman–Crippen MR) is 188 cm³/mol. The fourth-order valence-electron chi connectivity index (χ4n) is 7.42. The van der Waals surface area contributed by atoms with Gasteiger partial charge in [0.15, 0.2) is 0 Å². The molecule has 0 radical (unpaired) electrons. The Balaban J connectivity index is 1.27. The van der Waals surface area contributed by atoms with Gasteiger partial charge in [-0.3, -0.25) is 13.5 Å². The molecular weight excluding hydrogens is 564 g/mol. The summed E-state index contributed by atoms with van der Waals surface area (Å²) in [6, 6.07) is 47.5. The molecule has 0 spiro atoms. The third-order valence-electron chi connectivity index (χ3n) is 9.43. The third-order valence-corrected chi connectivity index (χ3v) is 9.43. The molecule has 0 N–H and O–H groups in total. The van der Waals surface area contributed by atoms with Crippen LogP contribution in [0.25, 0.3) is 77.7 Å². The molecule has 0 fully saturated rings. The van der Waals surface area contributed by atoms with Crippen LogP contribution in [0.5, 0.6) is 0 Å². The number of aromatic nitrogens is 6. The van der Waals surface area contributed by atoms with Gasteiger partial charge in [0.2, 0.25) is 5.78 Å². The van der Waals surface area contributed by atoms with E-state index >= 15 is 0 Å². The number of para-hydroxylation sites is 5. The molecule has 10 rings (SSSR count). The summed E-state index contributed by atoms with van der Waals surface area (Å²) in [4.78, 5) is 10.2. The second kappa shape index (κ2) is 9.19. The van der Waals surface area contributed by atoms with E-state index in [4.69, 9.17) is 9.97 Å². The summed E-state index contributed by atoms with van der Waals surface area (Å²) in [6.45, 7) is 4.22. The summed E-state index contributed by atoms with van der Waals surface area (Å²) in [5.74, 6) is 1.85. The average molecular weight is 593 g/mol. The van der Waals surface area contributed by atoms with E-state index in [-0.39, 0.29) is 0 Å². The second-order valence-electron chi connectivity index (χ2n) is 12.1. The lowest BCUT2D eigenvalue weighted by atomic mass is 10.1. The topological polar surface area (TPSA) is 45.0 Å². The smallest absolute Gasteiger partial charge is 0.220 e. The number of rotatable bonds is 3. The Hall–Kier alpha value is -6.14. The first-order valence-electron chi connectivity index (χ1n) is 15.6. The average Bonchev–Trinajstić information content (AvgIpc) is 3.80. The van der Waals surface area contributed by atoms with Gasteiger partial charge in [0.1, 0.15) is 5.82 Å². The van der Waals surface area contributed by atoms with E-state index in [1.54, 1.807) is 0 Å². The number of benzene rings is 6. The van der Waals surface area contributed by atoms with Gasteiger partial charge in [-0.15, -0.1) is 0 Å². The molecule has 4 aromatic heterocycles. The quantitative estimate of drug-likeness (QED) is 0.205. The molecule has 0 saturated heterocycles. The summed E-state index contributed by atoms with van der Waals surface area (Å²) in [7, 11) is 0. The Morgan fingerprint density at radius 2 is 1.13 bits per heavy atom. The molecule has 46 heavy (non-hydrogen) atoms. The maximum Gasteiger partial charge on any atom is 0.220 e. The highest BCUT2D eigenvalue weighted by molar-refractivity contribution is 6.10. The monoisotopic (exact) mass is 592 g/mol. The largest absolute Gasteiger partial charge is 0.309 e. The predicted octanol–water partition coefficient (Wildman–Crippen LogP) is 9.48. The van der Waals surface area contributed by atoms with Gasteiger partial charge >= 0.3 is 0 Å². The van der Waals surface area contributed by atoms with Crippen molar-refractivity contribution in [3.63, 3.8) is 0 Å². The van der Waals surface area contributed by atoms with Crippen LogP contribution in [0.1, 0.15) is 11.4 Å². The van der Waals surface area contributed by atoms with Crippen LogP contribution < -0.4 is 0 Å². The van der Waals surface area contributed by atoms with Crippen molar-refractivity contribution in [2.75, 3.05) is 0 Å². The number of aryl methyl sites for hydroxylation is 2. The van der Waals surface area contributed by atoms with Crippen LogP contribution in [0.3, 0.4) is 0 Å². The molecule has 0 aliphatic carbocycles. The molecule has 10 aromatic rings. The molecule has 0 bridgehead atoms. The standard InChI is InChI=1S/C40H28N6/c1-25-12-6-8-16-33(25)43-26(2)41-31-23-32-39(24-38(31)43)46-37-19-11-10-18-36(37)45(40(46)42-32)28-20-21-35-30(22-28)29-15-7-9-17-34(29)44(35)27-13-4-3-5-14-27/h3-24H,1-2H3. The first-order chi connectivity index (χ1) is 22.7. The molecule has 6 nitrogen and oxygen atoms in total. The van der Waals surface area contributed by atoms with Crippen molar-refractivity contribution in [3.8, 4) is 17.1 Å². The van der Waals surface area contributed by atoms with Crippen LogP contribution in [0.2, 0.25) is 0 Å². The van der Waals surface area contributed by atoms with E-state index in [1.807, 2.05) is 0 Å². The molecule has 0 atom stereocenters. The van der Waals surface area contributed by atoms with Crippen LogP contribution >= 0.6 is 0 Å². The number of hydrogen-bond acceptors (Lipinski definition) is 2. The second-order valence-corrected chi connectivity index (χ2v) is 12.1. The highest BCUT2D eigenvalue weighted by Gasteiger charge is 2.21. The third kappa shape index (κ3) is 3.35. The number of hydrogen-bond donors (Lipinski definition) is 0. The Labute approximate surface area is 264 Å². The lowest BCUT2D eigenvalue weighted by molar-refractivity contribution is 0.990. The van der Waals surface area contributed by atoms with Crippen LogP contribution in [0, 0.1) is 13.8 Å². The lowest BCUT2D eigenvalue weighted by Crippen LogP contribution is -1.99. The Morgan fingerprint density at radius 3 is 1.98 bits per heavy atom. The Bertz CT molecular complexity index is 2830. The number of imidazole rings is 3. The van der Waals surface area contributed by atoms with Gasteiger partial charge in [0, 0.05) is 22.1 Å². The van der Waals surface area contributed by atoms with Crippen molar-refractivity contribution in [2.24, 2.45) is 0 Å². The van der Waals surface area contributed by atoms with Crippen LogP contribution in [0.15, 0.2) is 133 Å². The summed E-state index contributed by atoms with van der Waals surface area (Å²) in [6.07, 6.45) is 0. The minimum absolute atomic E-state index is 0.883. The first kappa shape index (κ1) is 25.2. The van der Waals surface area contributed by atoms with Crippen LogP contribution in [-0.4, -0.2) is 28.1 Å². The van der Waals surface area contributed by atoms with Gasteiger partial charge in [-0.05, 0) is 86.1 Å². The van der Waals surface area contributed by atoms with Crippen molar-refractivity contribution in [3.05, 3.63) is 145 Å². The molecule has 218 valence electrons. The fourth-order valence-corrected chi connectivity index (χ4v) is 7.42. The summed E-state index contributed by atoms with van der Waals surface area (Å²) >= 11 is 0. The maximum absolute atomic E-state index is 5.27. The molecule has 6 aromatic carbocycles. The van der Waals surface area contributed by atoms with Gasteiger partial charge in [0.05, 0.1) is 49.8 Å². The molecule has 6 heteroatoms. The SMILES string of the molecule is Cc1ccccc1-n1c(C)nc2cc3nc4n(-c5ccc6c(c5)c5ccccc5n6-c5ccccc5)c5ccccc5n4c3cc21. The molecular formula is C40H28N6. The zero-order valence-electron chi connectivity index (χ0n) is 25.4. The molecule has 4 heterocycles. The maximum atomic E-state index is 5.27. The minimum atomic E-state index is 0.883. The van der Waals surface area contributed by atoms with Crippen molar-refractivity contribution in [1.82, 2.24) is 28.1 Å². The Morgan fingerprint density at radius 1 is 0.435 bits per heavy atom. The van der Waals surface area contributed by atoms with Crippen molar-refractivity contribution in [1.29, 1.82) is 0 Å². The normalized spacial score (nSPS) is 12.1. The zero-order chi connectivity index (χ0) is 30.5. The zero-order valence-corrected chi connectivity index (χ0v) is 25.4. The van der Waals surface area contributed by atoms with E-state index in [1.165, 1.54) is 27.4 Å². The van der Waals surface area contributed by atoms with E-state index in [0.29, 0.717) is 0 Å². The fraction of sp³-hybridized carbons (Fsp3) is 0.0500. The molecule has 0 aliphatic rings. The number of nitrogens with zero attached hydrogens (tertiary/aromatic N) is 6. The van der Waals surface area contributed by atoms with Gasteiger partial charge in [0.25, 0.3) is 0 Å². The van der Waals surface area contributed by atoms with Gasteiger partial charge in [-0.2, -0.15) is 0 Å². The molecule has 0 amide bonds. The highest BCUT2D eigenvalue weighted by Crippen LogP contribution is 2.36. The lowest BCUT2D eigenvalue weighted by Gasteiger charge is -2.10. The molecule has 0 unspecified atom stereocenters.